The first-order valence-electron chi connectivity index (χ1n) is 25.3. The molecule has 0 radical (unpaired) electrons. The molecule has 58 heavy (non-hydrogen) atoms. The lowest BCUT2D eigenvalue weighted by atomic mass is 10.0. The van der Waals surface area contributed by atoms with Gasteiger partial charge in [0.2, 0.25) is 0 Å². The highest BCUT2D eigenvalue weighted by Crippen LogP contribution is 2.16. The number of esters is 3. The molecule has 0 N–H and O–H groups in total. The summed E-state index contributed by atoms with van der Waals surface area (Å²) >= 11 is 0. The van der Waals surface area contributed by atoms with Crippen LogP contribution in [-0.2, 0) is 28.6 Å². The lowest BCUT2D eigenvalue weighted by Gasteiger charge is -2.18. The molecular weight excluding hydrogens is 721 g/mol. The van der Waals surface area contributed by atoms with Crippen molar-refractivity contribution < 1.29 is 28.6 Å². The van der Waals surface area contributed by atoms with E-state index in [0.717, 1.165) is 89.9 Å². The number of allylic oxidation sites excluding steroid dienone is 4. The molecule has 0 saturated carbocycles. The van der Waals surface area contributed by atoms with E-state index in [9.17, 15) is 14.4 Å². The third-order valence-electron chi connectivity index (χ3n) is 11.2. The molecule has 1 atom stereocenters. The minimum absolute atomic E-state index is 0.0749. The standard InChI is InChI=1S/C52H96O6/c1-4-7-10-13-16-19-22-23-24-25-26-27-28-29-31-33-36-39-42-45-51(54)57-48-49(47-56-50(53)44-41-38-35-32-21-18-15-12-9-6-3)58-52(55)46-43-40-37-34-30-20-17-14-11-8-5-2/h14-15,17-18,49H,4-13,16,19-48H2,1-3H3/b17-14-,18-15-. The maximum Gasteiger partial charge on any atom is 0.306 e. The Morgan fingerprint density at radius 2 is 0.586 bits per heavy atom. The summed E-state index contributed by atoms with van der Waals surface area (Å²) in [4.78, 5) is 37.8. The third kappa shape index (κ3) is 45.0. The Bertz CT molecular complexity index is 942. The fourth-order valence-electron chi connectivity index (χ4n) is 7.29. The number of hydrogen-bond donors (Lipinski definition) is 0. The van der Waals surface area contributed by atoms with Crippen molar-refractivity contribution in [2.24, 2.45) is 0 Å². The first kappa shape index (κ1) is 55.9. The molecule has 0 bridgehead atoms. The zero-order valence-electron chi connectivity index (χ0n) is 38.8. The molecule has 0 fully saturated rings. The van der Waals surface area contributed by atoms with Crippen LogP contribution in [0.3, 0.4) is 0 Å². The zero-order chi connectivity index (χ0) is 42.3. The highest BCUT2D eigenvalue weighted by molar-refractivity contribution is 5.71. The average Bonchev–Trinajstić information content (AvgIpc) is 3.22. The summed E-state index contributed by atoms with van der Waals surface area (Å²) in [6, 6.07) is 0. The molecule has 0 aromatic carbocycles. The van der Waals surface area contributed by atoms with Gasteiger partial charge in [0.1, 0.15) is 13.2 Å². The van der Waals surface area contributed by atoms with Crippen molar-refractivity contribution in [1.29, 1.82) is 0 Å². The van der Waals surface area contributed by atoms with Gasteiger partial charge in [-0.15, -0.1) is 0 Å². The van der Waals surface area contributed by atoms with Crippen LogP contribution in [0.4, 0.5) is 0 Å². The summed E-state index contributed by atoms with van der Waals surface area (Å²) in [5.74, 6) is -0.889. The molecule has 6 heteroatoms. The second kappa shape index (κ2) is 47.6. The lowest BCUT2D eigenvalue weighted by Crippen LogP contribution is -2.30. The Morgan fingerprint density at radius 1 is 0.328 bits per heavy atom. The third-order valence-corrected chi connectivity index (χ3v) is 11.2. The molecule has 0 aromatic rings. The number of carbonyl (C=O) groups is 3. The number of carbonyl (C=O) groups excluding carboxylic acids is 3. The molecule has 1 unspecified atom stereocenters. The number of ether oxygens (including phenoxy) is 3. The second-order valence-corrected chi connectivity index (χ2v) is 17.1. The van der Waals surface area contributed by atoms with Crippen LogP contribution < -0.4 is 0 Å². The van der Waals surface area contributed by atoms with E-state index < -0.39 is 6.10 Å². The average molecular weight is 817 g/mol. The molecule has 0 aliphatic rings. The van der Waals surface area contributed by atoms with Gasteiger partial charge in [-0.2, -0.15) is 0 Å². The van der Waals surface area contributed by atoms with Crippen LogP contribution in [0, 0.1) is 0 Å². The van der Waals surface area contributed by atoms with Gasteiger partial charge in [0.15, 0.2) is 6.10 Å². The van der Waals surface area contributed by atoms with Crippen LogP contribution in [0.25, 0.3) is 0 Å². The molecule has 0 aliphatic heterocycles. The summed E-state index contributed by atoms with van der Waals surface area (Å²) in [7, 11) is 0. The summed E-state index contributed by atoms with van der Waals surface area (Å²) in [6.07, 6.45) is 53.1. The van der Waals surface area contributed by atoms with E-state index in [1.807, 2.05) is 0 Å². The maximum absolute atomic E-state index is 12.7. The largest absolute Gasteiger partial charge is 0.462 e. The molecule has 0 aliphatic carbocycles. The molecule has 0 heterocycles. The Labute approximate surface area is 360 Å². The first-order chi connectivity index (χ1) is 28.5. The van der Waals surface area contributed by atoms with E-state index in [2.05, 4.69) is 45.1 Å². The van der Waals surface area contributed by atoms with E-state index in [4.69, 9.17) is 14.2 Å². The van der Waals surface area contributed by atoms with Crippen molar-refractivity contribution in [1.82, 2.24) is 0 Å². The summed E-state index contributed by atoms with van der Waals surface area (Å²) < 4.78 is 16.7. The Balaban J connectivity index is 4.24. The van der Waals surface area contributed by atoms with Crippen LogP contribution >= 0.6 is 0 Å². The minimum Gasteiger partial charge on any atom is -0.462 e. The second-order valence-electron chi connectivity index (χ2n) is 17.1. The number of rotatable bonds is 46. The predicted octanol–water partition coefficient (Wildman–Crippen LogP) is 16.4. The number of unbranched alkanes of at least 4 members (excludes halogenated alkanes) is 31. The van der Waals surface area contributed by atoms with Crippen molar-refractivity contribution in [2.45, 2.75) is 277 Å². The van der Waals surface area contributed by atoms with Crippen LogP contribution in [0.2, 0.25) is 0 Å². The van der Waals surface area contributed by atoms with Gasteiger partial charge in [-0.25, -0.2) is 0 Å². The minimum atomic E-state index is -0.774. The van der Waals surface area contributed by atoms with Gasteiger partial charge < -0.3 is 14.2 Å². The van der Waals surface area contributed by atoms with Gasteiger partial charge in [0.25, 0.3) is 0 Å². The lowest BCUT2D eigenvalue weighted by molar-refractivity contribution is -0.167. The summed E-state index contributed by atoms with van der Waals surface area (Å²) in [5.41, 5.74) is 0. The van der Waals surface area contributed by atoms with Crippen molar-refractivity contribution in [3.05, 3.63) is 24.3 Å². The summed E-state index contributed by atoms with van der Waals surface area (Å²) in [6.45, 7) is 6.56. The fourth-order valence-corrected chi connectivity index (χ4v) is 7.29. The van der Waals surface area contributed by atoms with Gasteiger partial charge in [-0.1, -0.05) is 218 Å². The molecule has 340 valence electrons. The molecule has 0 amide bonds. The van der Waals surface area contributed by atoms with Gasteiger partial charge in [0.05, 0.1) is 0 Å². The normalized spacial score (nSPS) is 12.1. The van der Waals surface area contributed by atoms with Gasteiger partial charge in [-0.05, 0) is 57.8 Å². The Hall–Kier alpha value is -2.11. The van der Waals surface area contributed by atoms with Crippen molar-refractivity contribution in [2.75, 3.05) is 13.2 Å². The topological polar surface area (TPSA) is 78.9 Å². The quantitative estimate of drug-likeness (QED) is 0.0263. The van der Waals surface area contributed by atoms with E-state index in [1.54, 1.807) is 0 Å². The first-order valence-corrected chi connectivity index (χ1v) is 25.3. The molecular formula is C52H96O6. The highest BCUT2D eigenvalue weighted by atomic mass is 16.6. The van der Waals surface area contributed by atoms with E-state index in [-0.39, 0.29) is 31.1 Å². The zero-order valence-corrected chi connectivity index (χ0v) is 38.8. The highest BCUT2D eigenvalue weighted by Gasteiger charge is 2.19. The molecule has 6 nitrogen and oxygen atoms in total. The molecule has 0 aromatic heterocycles. The van der Waals surface area contributed by atoms with E-state index in [0.29, 0.717) is 19.3 Å². The summed E-state index contributed by atoms with van der Waals surface area (Å²) in [5, 5.41) is 0. The SMILES string of the molecule is CCCC/C=C\CCCCCCCC(=O)OC(COC(=O)CCCCCC/C=C\CCCC)COC(=O)CCCCCCCCCCCCCCCCCCCCC. The van der Waals surface area contributed by atoms with Gasteiger partial charge in [0, 0.05) is 19.3 Å². The van der Waals surface area contributed by atoms with Crippen LogP contribution in [-0.4, -0.2) is 37.2 Å². The predicted molar refractivity (Wildman–Crippen MR) is 247 cm³/mol. The fraction of sp³-hybridized carbons (Fsp3) is 0.865. The van der Waals surface area contributed by atoms with Gasteiger partial charge >= 0.3 is 17.9 Å². The van der Waals surface area contributed by atoms with E-state index in [1.165, 1.54) is 141 Å². The molecule has 0 rings (SSSR count). The smallest absolute Gasteiger partial charge is 0.306 e. The van der Waals surface area contributed by atoms with Crippen LogP contribution in [0.5, 0.6) is 0 Å². The van der Waals surface area contributed by atoms with E-state index >= 15 is 0 Å². The molecule has 0 saturated heterocycles. The molecule has 0 spiro atoms. The number of hydrogen-bond acceptors (Lipinski definition) is 6. The van der Waals surface area contributed by atoms with Crippen molar-refractivity contribution >= 4 is 17.9 Å². The Morgan fingerprint density at radius 3 is 0.914 bits per heavy atom. The monoisotopic (exact) mass is 817 g/mol. The maximum atomic E-state index is 12.7. The van der Waals surface area contributed by atoms with Crippen molar-refractivity contribution in [3.63, 3.8) is 0 Å². The van der Waals surface area contributed by atoms with Crippen LogP contribution in [0.15, 0.2) is 24.3 Å². The Kier molecular flexibility index (Phi) is 45.8. The van der Waals surface area contributed by atoms with Crippen molar-refractivity contribution in [3.8, 4) is 0 Å². The van der Waals surface area contributed by atoms with Crippen LogP contribution in [0.1, 0.15) is 271 Å². The van der Waals surface area contributed by atoms with Gasteiger partial charge in [-0.3, -0.25) is 14.4 Å².